The van der Waals surface area contributed by atoms with E-state index in [0.29, 0.717) is 11.3 Å². The van der Waals surface area contributed by atoms with Crippen LogP contribution in [0.3, 0.4) is 0 Å². The van der Waals surface area contributed by atoms with E-state index in [1.807, 2.05) is 0 Å². The Morgan fingerprint density at radius 2 is 2.05 bits per heavy atom. The van der Waals surface area contributed by atoms with Gasteiger partial charge in [-0.05, 0) is 24.1 Å². The van der Waals surface area contributed by atoms with E-state index in [9.17, 15) is 14.0 Å². The van der Waals surface area contributed by atoms with E-state index in [2.05, 4.69) is 5.32 Å². The number of carbonyl (C=O) groups excluding carboxylic acids is 1. The van der Waals surface area contributed by atoms with Crippen LogP contribution in [0.25, 0.3) is 0 Å². The SMILES string of the molecule is COc1ccc(F)cc1CC(=O)N[C@@H](C(=O)O)C(C)C. The Labute approximate surface area is 116 Å². The van der Waals surface area contributed by atoms with Crippen LogP contribution in [0.15, 0.2) is 18.2 Å². The van der Waals surface area contributed by atoms with Crippen molar-refractivity contribution in [3.63, 3.8) is 0 Å². The quantitative estimate of drug-likeness (QED) is 0.831. The van der Waals surface area contributed by atoms with Gasteiger partial charge in [-0.3, -0.25) is 4.79 Å². The molecule has 0 fully saturated rings. The van der Waals surface area contributed by atoms with Crippen molar-refractivity contribution in [2.24, 2.45) is 5.92 Å². The first-order valence-corrected chi connectivity index (χ1v) is 6.19. The number of hydrogen-bond acceptors (Lipinski definition) is 3. The van der Waals surface area contributed by atoms with E-state index in [1.165, 1.54) is 25.3 Å². The molecular weight excluding hydrogens is 265 g/mol. The minimum Gasteiger partial charge on any atom is -0.496 e. The molecule has 1 amide bonds. The molecule has 6 heteroatoms. The van der Waals surface area contributed by atoms with E-state index in [-0.39, 0.29) is 12.3 Å². The highest BCUT2D eigenvalue weighted by atomic mass is 19.1. The molecule has 0 bridgehead atoms. The molecule has 20 heavy (non-hydrogen) atoms. The fourth-order valence-corrected chi connectivity index (χ4v) is 1.80. The van der Waals surface area contributed by atoms with Gasteiger partial charge in [0.1, 0.15) is 17.6 Å². The largest absolute Gasteiger partial charge is 0.496 e. The lowest BCUT2D eigenvalue weighted by Crippen LogP contribution is -2.44. The number of nitrogens with one attached hydrogen (secondary N) is 1. The Morgan fingerprint density at radius 1 is 1.40 bits per heavy atom. The summed E-state index contributed by atoms with van der Waals surface area (Å²) >= 11 is 0. The topological polar surface area (TPSA) is 75.6 Å². The maximum atomic E-state index is 13.2. The van der Waals surface area contributed by atoms with Gasteiger partial charge in [0.2, 0.25) is 5.91 Å². The molecule has 0 aromatic heterocycles. The van der Waals surface area contributed by atoms with Crippen LogP contribution >= 0.6 is 0 Å². The zero-order valence-corrected chi connectivity index (χ0v) is 11.6. The van der Waals surface area contributed by atoms with Crippen molar-refractivity contribution in [3.8, 4) is 5.75 Å². The summed E-state index contributed by atoms with van der Waals surface area (Å²) in [5, 5.41) is 11.4. The summed E-state index contributed by atoms with van der Waals surface area (Å²) in [5.41, 5.74) is 0.373. The molecule has 1 atom stereocenters. The standard InChI is InChI=1S/C14H18FNO4/c1-8(2)13(14(18)19)16-12(17)7-9-6-10(15)4-5-11(9)20-3/h4-6,8,13H,7H2,1-3H3,(H,16,17)(H,18,19)/t13-/m1/s1. The number of hydrogen-bond donors (Lipinski definition) is 2. The normalized spacial score (nSPS) is 12.1. The second kappa shape index (κ2) is 6.88. The Bertz CT molecular complexity index is 502. The fourth-order valence-electron chi connectivity index (χ4n) is 1.80. The molecule has 2 N–H and O–H groups in total. The lowest BCUT2D eigenvalue weighted by atomic mass is 10.0. The van der Waals surface area contributed by atoms with Crippen molar-refractivity contribution < 1.29 is 23.8 Å². The van der Waals surface area contributed by atoms with Crippen molar-refractivity contribution in [3.05, 3.63) is 29.6 Å². The summed E-state index contributed by atoms with van der Waals surface area (Å²) in [4.78, 5) is 22.9. The van der Waals surface area contributed by atoms with Gasteiger partial charge in [-0.2, -0.15) is 0 Å². The van der Waals surface area contributed by atoms with Crippen LogP contribution in [-0.4, -0.2) is 30.1 Å². The number of amides is 1. The molecule has 1 aromatic rings. The molecule has 0 heterocycles. The third-order valence-electron chi connectivity index (χ3n) is 2.84. The number of aliphatic carboxylic acids is 1. The highest BCUT2D eigenvalue weighted by Gasteiger charge is 2.23. The van der Waals surface area contributed by atoms with E-state index in [1.54, 1.807) is 13.8 Å². The number of halogens is 1. The van der Waals surface area contributed by atoms with Gasteiger partial charge in [-0.15, -0.1) is 0 Å². The number of benzene rings is 1. The molecule has 0 saturated heterocycles. The minimum absolute atomic E-state index is 0.141. The monoisotopic (exact) mass is 283 g/mol. The molecule has 0 aliphatic heterocycles. The summed E-state index contributed by atoms with van der Waals surface area (Å²) in [7, 11) is 1.42. The number of carboxylic acid groups (broad SMARTS) is 1. The average molecular weight is 283 g/mol. The Kier molecular flexibility index (Phi) is 5.49. The lowest BCUT2D eigenvalue weighted by molar-refractivity contribution is -0.143. The number of ether oxygens (including phenoxy) is 1. The van der Waals surface area contributed by atoms with Crippen molar-refractivity contribution in [2.45, 2.75) is 26.3 Å². The Hall–Kier alpha value is -2.11. The Balaban J connectivity index is 2.80. The number of methoxy groups -OCH3 is 1. The number of carboxylic acids is 1. The molecule has 5 nitrogen and oxygen atoms in total. The van der Waals surface area contributed by atoms with Crippen LogP contribution in [0.1, 0.15) is 19.4 Å². The predicted molar refractivity (Wildman–Crippen MR) is 71.1 cm³/mol. The van der Waals surface area contributed by atoms with Crippen LogP contribution in [0.5, 0.6) is 5.75 Å². The van der Waals surface area contributed by atoms with E-state index < -0.39 is 23.7 Å². The van der Waals surface area contributed by atoms with Gasteiger partial charge in [0, 0.05) is 5.56 Å². The van der Waals surface area contributed by atoms with Crippen molar-refractivity contribution >= 4 is 11.9 Å². The Morgan fingerprint density at radius 3 is 2.55 bits per heavy atom. The first kappa shape index (κ1) is 15.9. The van der Waals surface area contributed by atoms with Gasteiger partial charge in [0.05, 0.1) is 13.5 Å². The molecule has 0 saturated carbocycles. The van der Waals surface area contributed by atoms with Gasteiger partial charge in [0.15, 0.2) is 0 Å². The second-order valence-electron chi connectivity index (χ2n) is 4.76. The average Bonchev–Trinajstić information content (AvgIpc) is 2.35. The summed E-state index contributed by atoms with van der Waals surface area (Å²) in [6.07, 6.45) is -0.141. The third kappa shape index (κ3) is 4.22. The zero-order valence-electron chi connectivity index (χ0n) is 11.6. The summed E-state index contributed by atoms with van der Waals surface area (Å²) < 4.78 is 18.2. The van der Waals surface area contributed by atoms with Crippen LogP contribution in [0.4, 0.5) is 4.39 Å². The second-order valence-corrected chi connectivity index (χ2v) is 4.76. The van der Waals surface area contributed by atoms with E-state index in [4.69, 9.17) is 9.84 Å². The van der Waals surface area contributed by atoms with Crippen LogP contribution in [0, 0.1) is 11.7 Å². The summed E-state index contributed by atoms with van der Waals surface area (Å²) in [5.74, 6) is -1.93. The smallest absolute Gasteiger partial charge is 0.326 e. The highest BCUT2D eigenvalue weighted by Crippen LogP contribution is 2.19. The minimum atomic E-state index is -1.10. The van der Waals surface area contributed by atoms with E-state index >= 15 is 0 Å². The molecule has 0 aliphatic carbocycles. The molecular formula is C14H18FNO4. The molecule has 110 valence electrons. The molecule has 0 spiro atoms. The van der Waals surface area contributed by atoms with Gasteiger partial charge in [-0.25, -0.2) is 9.18 Å². The molecule has 0 unspecified atom stereocenters. The molecule has 0 aliphatic rings. The molecule has 1 aromatic carbocycles. The van der Waals surface area contributed by atoms with Gasteiger partial charge in [-0.1, -0.05) is 13.8 Å². The van der Waals surface area contributed by atoms with Gasteiger partial charge < -0.3 is 15.2 Å². The molecule has 1 rings (SSSR count). The number of rotatable bonds is 6. The number of carbonyl (C=O) groups is 2. The maximum absolute atomic E-state index is 13.2. The van der Waals surface area contributed by atoms with Crippen LogP contribution in [0.2, 0.25) is 0 Å². The van der Waals surface area contributed by atoms with Crippen molar-refractivity contribution in [2.75, 3.05) is 7.11 Å². The van der Waals surface area contributed by atoms with Crippen LogP contribution < -0.4 is 10.1 Å². The van der Waals surface area contributed by atoms with Gasteiger partial charge >= 0.3 is 5.97 Å². The summed E-state index contributed by atoms with van der Waals surface area (Å²) in [6.45, 7) is 3.39. The van der Waals surface area contributed by atoms with Crippen LogP contribution in [-0.2, 0) is 16.0 Å². The first-order chi connectivity index (χ1) is 9.35. The van der Waals surface area contributed by atoms with E-state index in [0.717, 1.165) is 0 Å². The zero-order chi connectivity index (χ0) is 15.3. The fraction of sp³-hybridized carbons (Fsp3) is 0.429. The molecule has 0 radical (unpaired) electrons. The third-order valence-corrected chi connectivity index (χ3v) is 2.84. The highest BCUT2D eigenvalue weighted by molar-refractivity contribution is 5.85. The van der Waals surface area contributed by atoms with Gasteiger partial charge in [0.25, 0.3) is 0 Å². The first-order valence-electron chi connectivity index (χ1n) is 6.19. The maximum Gasteiger partial charge on any atom is 0.326 e. The van der Waals surface area contributed by atoms with Crippen molar-refractivity contribution in [1.29, 1.82) is 0 Å². The van der Waals surface area contributed by atoms with Crippen molar-refractivity contribution in [1.82, 2.24) is 5.32 Å². The lowest BCUT2D eigenvalue weighted by Gasteiger charge is -2.18. The predicted octanol–water partition coefficient (Wildman–Crippen LogP) is 1.60. The summed E-state index contributed by atoms with van der Waals surface area (Å²) in [6, 6.07) is 2.88.